The summed E-state index contributed by atoms with van der Waals surface area (Å²) in [6.45, 7) is 5.73. The molecule has 0 aliphatic rings. The molecule has 116 valence electrons. The maximum Gasteiger partial charge on any atom is 0.161 e. The highest BCUT2D eigenvalue weighted by atomic mass is 16.1. The van der Waals surface area contributed by atoms with Crippen molar-refractivity contribution in [3.8, 4) is 0 Å². The molecule has 0 N–H and O–H groups in total. The zero-order valence-electron chi connectivity index (χ0n) is 14.2. The second kappa shape index (κ2) is 8.11. The van der Waals surface area contributed by atoms with Crippen molar-refractivity contribution in [3.05, 3.63) is 41.0 Å². The third-order valence-electron chi connectivity index (χ3n) is 3.54. The van der Waals surface area contributed by atoms with Crippen molar-refractivity contribution in [2.45, 2.75) is 13.8 Å². The largest absolute Gasteiger partial charge is 0.309 e. The normalized spacial score (nSPS) is 12.0. The number of aryl methyl sites for hydroxylation is 2. The first-order valence-corrected chi connectivity index (χ1v) is 7.38. The zero-order chi connectivity index (χ0) is 16.0. The quantitative estimate of drug-likeness (QED) is 0.721. The van der Waals surface area contributed by atoms with Crippen LogP contribution in [0.1, 0.15) is 16.7 Å². The van der Waals surface area contributed by atoms with Gasteiger partial charge in [0.05, 0.1) is 0 Å². The highest BCUT2D eigenvalue weighted by Crippen LogP contribution is 2.12. The van der Waals surface area contributed by atoms with E-state index in [1.54, 1.807) is 6.08 Å². The molecular weight excluding hydrogens is 260 g/mol. The highest BCUT2D eigenvalue weighted by molar-refractivity contribution is 5.95. The molecular formula is C18H28N2O. The average molecular weight is 288 g/mol. The Morgan fingerprint density at radius 1 is 1.05 bits per heavy atom. The molecule has 0 spiro atoms. The summed E-state index contributed by atoms with van der Waals surface area (Å²) in [7, 11) is 8.01. The minimum Gasteiger partial charge on any atom is -0.309 e. The summed E-state index contributed by atoms with van der Waals surface area (Å²) >= 11 is 0. The van der Waals surface area contributed by atoms with Crippen molar-refractivity contribution in [3.63, 3.8) is 0 Å². The molecule has 1 aromatic rings. The first-order valence-electron chi connectivity index (χ1n) is 7.38. The number of benzene rings is 1. The van der Waals surface area contributed by atoms with Gasteiger partial charge in [-0.15, -0.1) is 0 Å². The van der Waals surface area contributed by atoms with Crippen LogP contribution in [0, 0.1) is 19.8 Å². The number of allylic oxidation sites excluding steroid dienone is 1. The molecule has 3 nitrogen and oxygen atoms in total. The van der Waals surface area contributed by atoms with E-state index in [1.807, 2.05) is 34.3 Å². The van der Waals surface area contributed by atoms with E-state index in [0.717, 1.165) is 18.7 Å². The fourth-order valence-corrected chi connectivity index (χ4v) is 2.30. The van der Waals surface area contributed by atoms with Gasteiger partial charge in [0.15, 0.2) is 5.78 Å². The number of ketones is 1. The molecule has 0 saturated carbocycles. The van der Waals surface area contributed by atoms with Crippen molar-refractivity contribution in [2.24, 2.45) is 5.92 Å². The molecule has 0 fully saturated rings. The summed E-state index contributed by atoms with van der Waals surface area (Å²) in [6.07, 6.45) is 3.65. The number of rotatable bonds is 7. The molecule has 0 bridgehead atoms. The lowest BCUT2D eigenvalue weighted by molar-refractivity contribution is -0.119. The summed E-state index contributed by atoms with van der Waals surface area (Å²) in [4.78, 5) is 16.5. The zero-order valence-corrected chi connectivity index (χ0v) is 14.2. The van der Waals surface area contributed by atoms with Gasteiger partial charge in [-0.2, -0.15) is 0 Å². The van der Waals surface area contributed by atoms with Gasteiger partial charge in [-0.1, -0.05) is 24.3 Å². The van der Waals surface area contributed by atoms with Crippen LogP contribution < -0.4 is 0 Å². The summed E-state index contributed by atoms with van der Waals surface area (Å²) in [5.74, 6) is 0.202. The van der Waals surface area contributed by atoms with Gasteiger partial charge in [-0.3, -0.25) is 4.79 Å². The van der Waals surface area contributed by atoms with E-state index in [2.05, 4.69) is 41.8 Å². The lowest BCUT2D eigenvalue weighted by Gasteiger charge is -2.22. The molecule has 0 atom stereocenters. The molecule has 0 radical (unpaired) electrons. The van der Waals surface area contributed by atoms with Crippen molar-refractivity contribution in [1.29, 1.82) is 0 Å². The minimum absolute atomic E-state index is 0.0118. The van der Waals surface area contributed by atoms with Crippen LogP contribution in [0.15, 0.2) is 24.3 Å². The van der Waals surface area contributed by atoms with Gasteiger partial charge in [0.1, 0.15) is 0 Å². The molecule has 0 unspecified atom stereocenters. The fraction of sp³-hybridized carbons (Fsp3) is 0.500. The molecule has 21 heavy (non-hydrogen) atoms. The van der Waals surface area contributed by atoms with Crippen molar-refractivity contribution < 1.29 is 4.79 Å². The number of nitrogens with zero attached hydrogens (tertiary/aromatic N) is 2. The Kier molecular flexibility index (Phi) is 6.79. The Hall–Kier alpha value is -1.45. The molecule has 0 heterocycles. The predicted octanol–water partition coefficient (Wildman–Crippen LogP) is 2.63. The predicted molar refractivity (Wildman–Crippen MR) is 90.6 cm³/mol. The van der Waals surface area contributed by atoms with Gasteiger partial charge >= 0.3 is 0 Å². The topological polar surface area (TPSA) is 23.6 Å². The van der Waals surface area contributed by atoms with Crippen LogP contribution in [0.5, 0.6) is 0 Å². The molecule has 3 heteroatoms. The second-order valence-corrected chi connectivity index (χ2v) is 6.30. The van der Waals surface area contributed by atoms with Gasteiger partial charge in [0.2, 0.25) is 0 Å². The smallest absolute Gasteiger partial charge is 0.161 e. The van der Waals surface area contributed by atoms with Crippen molar-refractivity contribution >= 4 is 11.9 Å². The van der Waals surface area contributed by atoms with Gasteiger partial charge < -0.3 is 9.80 Å². The number of hydrogen-bond acceptors (Lipinski definition) is 3. The van der Waals surface area contributed by atoms with Gasteiger partial charge in [-0.05, 0) is 64.8 Å². The number of hydrogen-bond donors (Lipinski definition) is 0. The van der Waals surface area contributed by atoms with Crippen LogP contribution in [-0.2, 0) is 4.79 Å². The van der Waals surface area contributed by atoms with Crippen molar-refractivity contribution in [2.75, 3.05) is 41.3 Å². The molecule has 0 aliphatic carbocycles. The fourth-order valence-electron chi connectivity index (χ4n) is 2.30. The Morgan fingerprint density at radius 3 is 2.10 bits per heavy atom. The SMILES string of the molecule is Cc1ccc(/C=C/C(=O)C(CN(C)C)CN(C)C)cc1C. The Morgan fingerprint density at radius 2 is 1.62 bits per heavy atom. The van der Waals surface area contributed by atoms with Crippen LogP contribution in [0.3, 0.4) is 0 Å². The third-order valence-corrected chi connectivity index (χ3v) is 3.54. The van der Waals surface area contributed by atoms with Crippen LogP contribution in [0.25, 0.3) is 6.08 Å². The lowest BCUT2D eigenvalue weighted by Crippen LogP contribution is -2.34. The summed E-state index contributed by atoms with van der Waals surface area (Å²) in [5.41, 5.74) is 3.61. The molecule has 1 rings (SSSR count). The van der Waals surface area contributed by atoms with E-state index in [9.17, 15) is 4.79 Å². The van der Waals surface area contributed by atoms with Crippen molar-refractivity contribution in [1.82, 2.24) is 9.80 Å². The van der Waals surface area contributed by atoms with Gasteiger partial charge in [0.25, 0.3) is 0 Å². The Balaban J connectivity index is 2.79. The maximum atomic E-state index is 12.4. The summed E-state index contributed by atoms with van der Waals surface area (Å²) in [5, 5.41) is 0. The molecule has 0 aromatic heterocycles. The molecule has 0 aliphatic heterocycles. The van der Waals surface area contributed by atoms with Crippen LogP contribution >= 0.6 is 0 Å². The monoisotopic (exact) mass is 288 g/mol. The minimum atomic E-state index is 0.0118. The molecule has 0 amide bonds. The first-order chi connectivity index (χ1) is 9.79. The van der Waals surface area contributed by atoms with Gasteiger partial charge in [-0.25, -0.2) is 0 Å². The van der Waals surface area contributed by atoms with Crippen LogP contribution in [-0.4, -0.2) is 56.9 Å². The van der Waals surface area contributed by atoms with Gasteiger partial charge in [0, 0.05) is 19.0 Å². The third kappa shape index (κ3) is 6.23. The van der Waals surface area contributed by atoms with Crippen LogP contribution in [0.2, 0.25) is 0 Å². The van der Waals surface area contributed by atoms with E-state index in [1.165, 1.54) is 11.1 Å². The highest BCUT2D eigenvalue weighted by Gasteiger charge is 2.17. The molecule has 0 saturated heterocycles. The van der Waals surface area contributed by atoms with E-state index < -0.39 is 0 Å². The van der Waals surface area contributed by atoms with Crippen LogP contribution in [0.4, 0.5) is 0 Å². The van der Waals surface area contributed by atoms with E-state index in [0.29, 0.717) is 0 Å². The Bertz CT molecular complexity index is 494. The first kappa shape index (κ1) is 17.6. The summed E-state index contributed by atoms with van der Waals surface area (Å²) < 4.78 is 0. The summed E-state index contributed by atoms with van der Waals surface area (Å²) in [6, 6.07) is 6.27. The lowest BCUT2D eigenvalue weighted by atomic mass is 10.0. The average Bonchev–Trinajstić information content (AvgIpc) is 2.38. The number of carbonyl (C=O) groups excluding carboxylic acids is 1. The van der Waals surface area contributed by atoms with E-state index in [4.69, 9.17) is 0 Å². The number of carbonyl (C=O) groups is 1. The Labute approximate surface area is 129 Å². The van der Waals surface area contributed by atoms with E-state index in [-0.39, 0.29) is 11.7 Å². The standard InChI is InChI=1S/C18H28N2O/c1-14-7-8-16(11-15(14)2)9-10-18(21)17(12-19(3)4)13-20(5)6/h7-11,17H,12-13H2,1-6H3/b10-9+. The second-order valence-electron chi connectivity index (χ2n) is 6.30. The maximum absolute atomic E-state index is 12.4. The molecule has 1 aromatic carbocycles. The van der Waals surface area contributed by atoms with E-state index >= 15 is 0 Å².